The molecule has 2 aromatic rings. The number of nitrogens with one attached hydrogen (secondary N) is 1. The predicted molar refractivity (Wildman–Crippen MR) is 103 cm³/mol. The first-order valence-electron chi connectivity index (χ1n) is 8.78. The van der Waals surface area contributed by atoms with Crippen molar-refractivity contribution < 1.29 is 14.3 Å². The van der Waals surface area contributed by atoms with Crippen molar-refractivity contribution in [2.24, 2.45) is 5.73 Å². The van der Waals surface area contributed by atoms with Gasteiger partial charge in [-0.15, -0.1) is 0 Å². The molecule has 3 rings (SSSR count). The van der Waals surface area contributed by atoms with Crippen LogP contribution >= 0.6 is 0 Å². The van der Waals surface area contributed by atoms with Crippen LogP contribution < -0.4 is 20.7 Å². The van der Waals surface area contributed by atoms with Crippen molar-refractivity contribution >= 4 is 17.3 Å². The molecule has 1 atom stereocenters. The number of methoxy groups -OCH3 is 1. The summed E-state index contributed by atoms with van der Waals surface area (Å²) in [7, 11) is 1.62. The van der Waals surface area contributed by atoms with Gasteiger partial charge in [-0.3, -0.25) is 4.79 Å². The number of hydrogen-bond acceptors (Lipinski definition) is 5. The van der Waals surface area contributed by atoms with Crippen LogP contribution in [0.4, 0.5) is 11.4 Å². The van der Waals surface area contributed by atoms with Gasteiger partial charge in [-0.25, -0.2) is 0 Å². The molecule has 1 heterocycles. The average Bonchev–Trinajstić information content (AvgIpc) is 2.70. The highest BCUT2D eigenvalue weighted by Gasteiger charge is 2.15. The average molecular weight is 355 g/mol. The highest BCUT2D eigenvalue weighted by Crippen LogP contribution is 2.19. The number of carbonyl (C=O) groups is 1. The van der Waals surface area contributed by atoms with E-state index in [9.17, 15) is 4.79 Å². The van der Waals surface area contributed by atoms with Crippen molar-refractivity contribution in [3.8, 4) is 5.75 Å². The summed E-state index contributed by atoms with van der Waals surface area (Å²) in [6.45, 7) is 3.27. The molecule has 2 aromatic carbocycles. The zero-order valence-electron chi connectivity index (χ0n) is 15.0. The van der Waals surface area contributed by atoms with Gasteiger partial charge in [-0.2, -0.15) is 0 Å². The van der Waals surface area contributed by atoms with Crippen LogP contribution in [0, 0.1) is 0 Å². The molecule has 6 heteroatoms. The van der Waals surface area contributed by atoms with Crippen LogP contribution in [0.5, 0.6) is 5.75 Å². The van der Waals surface area contributed by atoms with E-state index in [1.165, 1.54) is 0 Å². The molecule has 0 spiro atoms. The number of nitrogens with zero attached hydrogens (tertiary/aromatic N) is 1. The van der Waals surface area contributed by atoms with E-state index >= 15 is 0 Å². The van der Waals surface area contributed by atoms with E-state index in [-0.39, 0.29) is 5.91 Å². The first-order valence-corrected chi connectivity index (χ1v) is 8.78. The first kappa shape index (κ1) is 18.2. The van der Waals surface area contributed by atoms with Crippen LogP contribution in [0.3, 0.4) is 0 Å². The van der Waals surface area contributed by atoms with Gasteiger partial charge in [0.2, 0.25) is 5.91 Å². The number of amides is 1. The normalized spacial score (nSPS) is 15.4. The second-order valence-corrected chi connectivity index (χ2v) is 6.29. The van der Waals surface area contributed by atoms with Crippen molar-refractivity contribution in [1.82, 2.24) is 0 Å². The fourth-order valence-electron chi connectivity index (χ4n) is 2.92. The molecule has 6 nitrogen and oxygen atoms in total. The van der Waals surface area contributed by atoms with Crippen LogP contribution in [0.15, 0.2) is 48.5 Å². The lowest BCUT2D eigenvalue weighted by Gasteiger charge is -2.28. The second-order valence-electron chi connectivity index (χ2n) is 6.29. The number of carbonyl (C=O) groups excluding carboxylic acids is 1. The number of hydrogen-bond donors (Lipinski definition) is 2. The Labute approximate surface area is 153 Å². The van der Waals surface area contributed by atoms with Gasteiger partial charge in [0.25, 0.3) is 0 Å². The van der Waals surface area contributed by atoms with E-state index < -0.39 is 6.04 Å². The minimum atomic E-state index is -0.609. The van der Waals surface area contributed by atoms with Gasteiger partial charge < -0.3 is 25.4 Å². The highest BCUT2D eigenvalue weighted by molar-refractivity contribution is 5.95. The molecule has 26 heavy (non-hydrogen) atoms. The summed E-state index contributed by atoms with van der Waals surface area (Å²) < 4.78 is 10.5. The van der Waals surface area contributed by atoms with Gasteiger partial charge >= 0.3 is 0 Å². The molecule has 0 aromatic heterocycles. The molecule has 0 bridgehead atoms. The Morgan fingerprint density at radius 2 is 1.81 bits per heavy atom. The number of morpholine rings is 1. The standard InChI is InChI=1S/C20H25N3O3/c1-25-18-8-2-15(3-9-18)14-19(21)20(24)22-16-4-6-17(7-5-16)23-10-12-26-13-11-23/h2-9,19H,10-14,21H2,1H3,(H,22,24)/t19-/m0/s1. The lowest BCUT2D eigenvalue weighted by Crippen LogP contribution is -2.37. The lowest BCUT2D eigenvalue weighted by molar-refractivity contribution is -0.117. The molecule has 0 radical (unpaired) electrons. The molecule has 1 aliphatic heterocycles. The summed E-state index contributed by atoms with van der Waals surface area (Å²) in [5.41, 5.74) is 8.93. The fraction of sp³-hybridized carbons (Fsp3) is 0.350. The quantitative estimate of drug-likeness (QED) is 0.829. The Balaban J connectivity index is 1.54. The number of rotatable bonds is 6. The molecule has 0 aliphatic carbocycles. The van der Waals surface area contributed by atoms with Gasteiger partial charge in [0.15, 0.2) is 0 Å². The van der Waals surface area contributed by atoms with Crippen LogP contribution in [-0.4, -0.2) is 45.4 Å². The molecule has 1 fully saturated rings. The maximum Gasteiger partial charge on any atom is 0.241 e. The first-order chi connectivity index (χ1) is 12.7. The third kappa shape index (κ3) is 4.74. The van der Waals surface area contributed by atoms with E-state index in [2.05, 4.69) is 10.2 Å². The zero-order valence-corrected chi connectivity index (χ0v) is 15.0. The Hall–Kier alpha value is -2.57. The van der Waals surface area contributed by atoms with Gasteiger partial charge in [-0.05, 0) is 48.4 Å². The predicted octanol–water partition coefficient (Wildman–Crippen LogP) is 2.04. The molecule has 138 valence electrons. The van der Waals surface area contributed by atoms with E-state index in [4.69, 9.17) is 15.2 Å². The van der Waals surface area contributed by atoms with E-state index in [1.54, 1.807) is 7.11 Å². The summed E-state index contributed by atoms with van der Waals surface area (Å²) in [5, 5.41) is 2.88. The Kier molecular flexibility index (Phi) is 6.09. The number of anilines is 2. The smallest absolute Gasteiger partial charge is 0.241 e. The van der Waals surface area contributed by atoms with Crippen molar-refractivity contribution in [3.05, 3.63) is 54.1 Å². The topological polar surface area (TPSA) is 76.8 Å². The van der Waals surface area contributed by atoms with Crippen LogP contribution in [0.1, 0.15) is 5.56 Å². The Morgan fingerprint density at radius 3 is 2.42 bits per heavy atom. The molecule has 1 amide bonds. The molecule has 0 unspecified atom stereocenters. The molecular weight excluding hydrogens is 330 g/mol. The third-order valence-corrected chi connectivity index (χ3v) is 4.46. The van der Waals surface area contributed by atoms with E-state index in [1.807, 2.05) is 48.5 Å². The molecule has 0 saturated carbocycles. The van der Waals surface area contributed by atoms with E-state index in [0.29, 0.717) is 6.42 Å². The molecule has 3 N–H and O–H groups in total. The van der Waals surface area contributed by atoms with Crippen molar-refractivity contribution in [3.63, 3.8) is 0 Å². The fourth-order valence-corrected chi connectivity index (χ4v) is 2.92. The number of benzene rings is 2. The van der Waals surface area contributed by atoms with Gasteiger partial charge in [0.05, 0.1) is 26.4 Å². The molecular formula is C20H25N3O3. The molecule has 1 aliphatic rings. The molecule has 1 saturated heterocycles. The van der Waals surface area contributed by atoms with Crippen LogP contribution in [0.2, 0.25) is 0 Å². The van der Waals surface area contributed by atoms with Crippen molar-refractivity contribution in [2.75, 3.05) is 43.6 Å². The van der Waals surface area contributed by atoms with E-state index in [0.717, 1.165) is 49.0 Å². The minimum Gasteiger partial charge on any atom is -0.497 e. The largest absolute Gasteiger partial charge is 0.497 e. The maximum absolute atomic E-state index is 12.3. The van der Waals surface area contributed by atoms with Gasteiger partial charge in [-0.1, -0.05) is 12.1 Å². The maximum atomic E-state index is 12.3. The van der Waals surface area contributed by atoms with Gasteiger partial charge in [0.1, 0.15) is 5.75 Å². The van der Waals surface area contributed by atoms with Crippen LogP contribution in [-0.2, 0) is 16.0 Å². The minimum absolute atomic E-state index is 0.194. The SMILES string of the molecule is COc1ccc(C[C@H](N)C(=O)Nc2ccc(N3CCOCC3)cc2)cc1. The summed E-state index contributed by atoms with van der Waals surface area (Å²) in [6.07, 6.45) is 0.474. The number of ether oxygens (including phenoxy) is 2. The monoisotopic (exact) mass is 355 g/mol. The summed E-state index contributed by atoms with van der Waals surface area (Å²) in [6, 6.07) is 14.8. The highest BCUT2D eigenvalue weighted by atomic mass is 16.5. The summed E-state index contributed by atoms with van der Waals surface area (Å²) >= 11 is 0. The number of nitrogens with two attached hydrogens (primary N) is 1. The summed E-state index contributed by atoms with van der Waals surface area (Å²) in [4.78, 5) is 14.6. The zero-order chi connectivity index (χ0) is 18.4. The Bertz CT molecular complexity index is 710. The second kappa shape index (κ2) is 8.69. The van der Waals surface area contributed by atoms with Crippen molar-refractivity contribution in [2.45, 2.75) is 12.5 Å². The van der Waals surface area contributed by atoms with Gasteiger partial charge in [0, 0.05) is 24.5 Å². The Morgan fingerprint density at radius 1 is 1.15 bits per heavy atom. The summed E-state index contributed by atoms with van der Waals surface area (Å²) in [5.74, 6) is 0.590. The van der Waals surface area contributed by atoms with Crippen molar-refractivity contribution in [1.29, 1.82) is 0 Å². The lowest BCUT2D eigenvalue weighted by atomic mass is 10.1. The van der Waals surface area contributed by atoms with Crippen LogP contribution in [0.25, 0.3) is 0 Å². The third-order valence-electron chi connectivity index (χ3n) is 4.46.